The lowest BCUT2D eigenvalue weighted by atomic mass is 9.51. The summed E-state index contributed by atoms with van der Waals surface area (Å²) in [6.45, 7) is 2.32. The van der Waals surface area contributed by atoms with Gasteiger partial charge in [-0.1, -0.05) is 25.2 Å². The molecule has 126 valence electrons. The number of carbonyl (C=O) groups is 1. The third-order valence-corrected chi connectivity index (χ3v) is 7.95. The molecule has 0 aromatic carbocycles. The highest BCUT2D eigenvalue weighted by Gasteiger charge is 2.57. The molecule has 2 saturated carbocycles. The number of carbonyl (C=O) groups excluding carboxylic acids is 1. The topological polar surface area (TPSA) is 26.3 Å². The number of allylic oxidation sites excluding steroid dienone is 2. The van der Waals surface area contributed by atoms with Crippen molar-refractivity contribution in [2.45, 2.75) is 58.0 Å². The van der Waals surface area contributed by atoms with E-state index in [1.807, 2.05) is 7.11 Å². The number of rotatable bonds is 3. The minimum absolute atomic E-state index is 0.307. The summed E-state index contributed by atoms with van der Waals surface area (Å²) < 4.78 is 5.87. The summed E-state index contributed by atoms with van der Waals surface area (Å²) in [5.41, 5.74) is 1.83. The molecule has 0 radical (unpaired) electrons. The minimum Gasteiger partial charge on any atom is -0.380 e. The van der Waals surface area contributed by atoms with Crippen LogP contribution in [0.15, 0.2) is 23.8 Å². The van der Waals surface area contributed by atoms with Crippen molar-refractivity contribution >= 4 is 6.29 Å². The molecule has 0 heterocycles. The van der Waals surface area contributed by atoms with Crippen molar-refractivity contribution in [1.29, 1.82) is 0 Å². The average molecular weight is 314 g/mol. The van der Waals surface area contributed by atoms with Crippen LogP contribution in [-0.2, 0) is 9.53 Å². The fourth-order valence-corrected chi connectivity index (χ4v) is 6.91. The van der Waals surface area contributed by atoms with Crippen LogP contribution in [0.5, 0.6) is 0 Å². The van der Waals surface area contributed by atoms with E-state index in [0.717, 1.165) is 30.6 Å². The summed E-state index contributed by atoms with van der Waals surface area (Å²) in [6.07, 6.45) is 17.2. The van der Waals surface area contributed by atoms with Crippen LogP contribution < -0.4 is 0 Å². The first-order valence-corrected chi connectivity index (χ1v) is 9.59. The zero-order chi connectivity index (χ0) is 16.0. The van der Waals surface area contributed by atoms with Crippen LogP contribution in [0.3, 0.4) is 0 Å². The van der Waals surface area contributed by atoms with Gasteiger partial charge in [0.1, 0.15) is 6.29 Å². The summed E-state index contributed by atoms with van der Waals surface area (Å²) in [4.78, 5) is 11.7. The minimum atomic E-state index is 0.307. The number of fused-ring (bicyclic) bond motifs is 5. The zero-order valence-electron chi connectivity index (χ0n) is 14.5. The van der Waals surface area contributed by atoms with E-state index in [2.05, 4.69) is 25.2 Å². The second kappa shape index (κ2) is 5.88. The van der Waals surface area contributed by atoms with E-state index in [0.29, 0.717) is 23.4 Å². The first-order chi connectivity index (χ1) is 11.2. The summed E-state index contributed by atoms with van der Waals surface area (Å²) in [5.74, 6) is 3.19. The number of hydrogen-bond donors (Lipinski definition) is 0. The van der Waals surface area contributed by atoms with Gasteiger partial charge in [0.15, 0.2) is 0 Å². The second-order valence-corrected chi connectivity index (χ2v) is 8.26. The molecule has 4 rings (SSSR count). The van der Waals surface area contributed by atoms with Gasteiger partial charge in [-0.05, 0) is 73.7 Å². The molecule has 0 bridgehead atoms. The summed E-state index contributed by atoms with van der Waals surface area (Å²) >= 11 is 0. The first kappa shape index (κ1) is 15.6. The van der Waals surface area contributed by atoms with E-state index in [1.54, 1.807) is 0 Å². The van der Waals surface area contributed by atoms with Crippen LogP contribution >= 0.6 is 0 Å². The Bertz CT molecular complexity index is 534. The lowest BCUT2D eigenvalue weighted by molar-refractivity contribution is -0.118. The maximum absolute atomic E-state index is 11.7. The van der Waals surface area contributed by atoms with Crippen molar-refractivity contribution in [1.82, 2.24) is 0 Å². The van der Waals surface area contributed by atoms with Gasteiger partial charge in [0.05, 0.1) is 6.10 Å². The molecule has 7 atom stereocenters. The molecule has 0 aromatic heterocycles. The lowest BCUT2D eigenvalue weighted by Gasteiger charge is -2.54. The summed E-state index contributed by atoms with van der Waals surface area (Å²) in [6, 6.07) is 0. The molecular formula is C21H30O2. The Hall–Kier alpha value is -0.890. The SMILES string of the molecule is CC[C@]12CC[C@H]3[C@@H](CC=C4C=CCC(OC)[C@@H]43)[C@@H]1CC[C@@H]2C=O. The third kappa shape index (κ3) is 2.13. The molecule has 0 N–H and O–H groups in total. The Labute approximate surface area is 140 Å². The number of aldehydes is 1. The van der Waals surface area contributed by atoms with Crippen molar-refractivity contribution < 1.29 is 9.53 Å². The van der Waals surface area contributed by atoms with Crippen molar-refractivity contribution in [2.24, 2.45) is 35.0 Å². The Kier molecular flexibility index (Phi) is 3.99. The molecule has 0 aromatic rings. The van der Waals surface area contributed by atoms with E-state index >= 15 is 0 Å². The molecular weight excluding hydrogens is 284 g/mol. The fraction of sp³-hybridized carbons (Fsp3) is 0.762. The van der Waals surface area contributed by atoms with Crippen LogP contribution in [0.2, 0.25) is 0 Å². The molecule has 0 saturated heterocycles. The van der Waals surface area contributed by atoms with Crippen LogP contribution in [-0.4, -0.2) is 19.5 Å². The van der Waals surface area contributed by atoms with Gasteiger partial charge in [0, 0.05) is 18.9 Å². The van der Waals surface area contributed by atoms with Gasteiger partial charge in [-0.25, -0.2) is 0 Å². The van der Waals surface area contributed by atoms with Gasteiger partial charge < -0.3 is 9.53 Å². The van der Waals surface area contributed by atoms with Crippen molar-refractivity contribution in [3.05, 3.63) is 23.8 Å². The fourth-order valence-electron chi connectivity index (χ4n) is 6.91. The van der Waals surface area contributed by atoms with Crippen molar-refractivity contribution in [3.63, 3.8) is 0 Å². The predicted molar refractivity (Wildman–Crippen MR) is 92.0 cm³/mol. The third-order valence-electron chi connectivity index (χ3n) is 7.95. The molecule has 0 aliphatic heterocycles. The van der Waals surface area contributed by atoms with Gasteiger partial charge >= 0.3 is 0 Å². The van der Waals surface area contributed by atoms with Crippen LogP contribution in [0.25, 0.3) is 0 Å². The molecule has 2 fully saturated rings. The van der Waals surface area contributed by atoms with Gasteiger partial charge in [-0.3, -0.25) is 0 Å². The molecule has 4 aliphatic carbocycles. The summed E-state index contributed by atoms with van der Waals surface area (Å²) in [5, 5.41) is 0. The van der Waals surface area contributed by atoms with Crippen LogP contribution in [0, 0.1) is 35.0 Å². The molecule has 2 nitrogen and oxygen atoms in total. The maximum atomic E-state index is 11.7. The van der Waals surface area contributed by atoms with E-state index in [9.17, 15) is 4.79 Å². The molecule has 0 spiro atoms. The average Bonchev–Trinajstić information content (AvgIpc) is 2.99. The number of methoxy groups -OCH3 is 1. The monoisotopic (exact) mass is 314 g/mol. The number of ether oxygens (including phenoxy) is 1. The zero-order valence-corrected chi connectivity index (χ0v) is 14.5. The van der Waals surface area contributed by atoms with Gasteiger partial charge in [-0.2, -0.15) is 0 Å². The van der Waals surface area contributed by atoms with Gasteiger partial charge in [-0.15, -0.1) is 0 Å². The largest absolute Gasteiger partial charge is 0.380 e. The quantitative estimate of drug-likeness (QED) is 0.714. The van der Waals surface area contributed by atoms with E-state index in [4.69, 9.17) is 4.74 Å². The Morgan fingerprint density at radius 1 is 1.26 bits per heavy atom. The predicted octanol–water partition coefficient (Wildman–Crippen LogP) is 4.56. The Balaban J connectivity index is 1.68. The van der Waals surface area contributed by atoms with E-state index in [-0.39, 0.29) is 0 Å². The van der Waals surface area contributed by atoms with Crippen molar-refractivity contribution in [2.75, 3.05) is 7.11 Å². The van der Waals surface area contributed by atoms with E-state index < -0.39 is 0 Å². The van der Waals surface area contributed by atoms with Gasteiger partial charge in [0.25, 0.3) is 0 Å². The van der Waals surface area contributed by atoms with Crippen LogP contribution in [0.4, 0.5) is 0 Å². The Morgan fingerprint density at radius 2 is 2.13 bits per heavy atom. The number of hydrogen-bond acceptors (Lipinski definition) is 2. The van der Waals surface area contributed by atoms with Crippen LogP contribution in [0.1, 0.15) is 51.9 Å². The second-order valence-electron chi connectivity index (χ2n) is 8.26. The summed E-state index contributed by atoms with van der Waals surface area (Å²) in [7, 11) is 1.88. The standard InChI is InChI=1S/C21H30O2/c1-3-21-12-11-17-16(18(21)10-8-15(21)13-22)9-7-14-5-4-6-19(23-2)20(14)17/h4-5,7,13,15-20H,3,6,8-12H2,1-2H3/t15-,16-,17+,18+,19?,20+,21-/m1/s1. The molecule has 23 heavy (non-hydrogen) atoms. The van der Waals surface area contributed by atoms with E-state index in [1.165, 1.54) is 44.0 Å². The first-order valence-electron chi connectivity index (χ1n) is 9.59. The van der Waals surface area contributed by atoms with Crippen molar-refractivity contribution in [3.8, 4) is 0 Å². The maximum Gasteiger partial charge on any atom is 0.123 e. The van der Waals surface area contributed by atoms with Gasteiger partial charge in [0.2, 0.25) is 0 Å². The molecule has 1 unspecified atom stereocenters. The lowest BCUT2D eigenvalue weighted by Crippen LogP contribution is -2.49. The normalized spacial score (nSPS) is 48.2. The highest BCUT2D eigenvalue weighted by Crippen LogP contribution is 2.64. The highest BCUT2D eigenvalue weighted by molar-refractivity contribution is 5.56. The molecule has 4 aliphatic rings. The molecule has 0 amide bonds. The molecule has 2 heteroatoms. The highest BCUT2D eigenvalue weighted by atomic mass is 16.5. The Morgan fingerprint density at radius 3 is 2.87 bits per heavy atom. The smallest absolute Gasteiger partial charge is 0.123 e.